The first kappa shape index (κ1) is 27.7. The highest BCUT2D eigenvalue weighted by Gasteiger charge is 2.39. The van der Waals surface area contributed by atoms with Crippen LogP contribution in [0.25, 0.3) is 0 Å². The monoisotopic (exact) mass is 538 g/mol. The number of carbonyl (C=O) groups is 1. The normalized spacial score (nSPS) is 17.2. The molecule has 1 aromatic heterocycles. The van der Waals surface area contributed by atoms with Gasteiger partial charge in [0.05, 0.1) is 17.7 Å². The van der Waals surface area contributed by atoms with E-state index >= 15 is 0 Å². The van der Waals surface area contributed by atoms with Crippen LogP contribution in [0.4, 0.5) is 26.3 Å². The second-order valence-electron chi connectivity index (χ2n) is 9.76. The summed E-state index contributed by atoms with van der Waals surface area (Å²) < 4.78 is 82.5. The minimum Gasteiger partial charge on any atom is -0.337 e. The Balaban J connectivity index is 1.67. The van der Waals surface area contributed by atoms with Gasteiger partial charge in [0.2, 0.25) is 0 Å². The van der Waals surface area contributed by atoms with Crippen LogP contribution >= 0.6 is 0 Å². The minimum atomic E-state index is -5.03. The molecule has 1 atom stereocenters. The van der Waals surface area contributed by atoms with Gasteiger partial charge in [-0.1, -0.05) is 18.2 Å². The summed E-state index contributed by atoms with van der Waals surface area (Å²) in [6.07, 6.45) is -6.18. The van der Waals surface area contributed by atoms with Crippen molar-refractivity contribution in [3.63, 3.8) is 0 Å². The molecule has 0 radical (unpaired) electrons. The SMILES string of the molecule is Cc1ccc(C[C@@H]2CN(Cc3nccn3C)CCN2C(=O)c2cc(C(F)(F)F)cc(C(F)(F)F)c2)cc1C. The topological polar surface area (TPSA) is 41.4 Å². The van der Waals surface area contributed by atoms with Crippen LogP contribution in [-0.2, 0) is 32.4 Å². The molecule has 0 bridgehead atoms. The zero-order valence-electron chi connectivity index (χ0n) is 21.2. The number of amides is 1. The molecule has 1 saturated heterocycles. The van der Waals surface area contributed by atoms with E-state index in [1.807, 2.05) is 49.9 Å². The molecule has 0 aliphatic carbocycles. The lowest BCUT2D eigenvalue weighted by atomic mass is 9.97. The lowest BCUT2D eigenvalue weighted by Gasteiger charge is -2.41. The van der Waals surface area contributed by atoms with E-state index in [0.29, 0.717) is 38.2 Å². The van der Waals surface area contributed by atoms with Crippen molar-refractivity contribution in [1.82, 2.24) is 19.4 Å². The van der Waals surface area contributed by atoms with Gasteiger partial charge in [-0.15, -0.1) is 0 Å². The van der Waals surface area contributed by atoms with Crippen LogP contribution in [0, 0.1) is 13.8 Å². The van der Waals surface area contributed by atoms with Crippen molar-refractivity contribution in [2.75, 3.05) is 19.6 Å². The minimum absolute atomic E-state index is 0.0359. The molecule has 11 heteroatoms. The molecule has 0 spiro atoms. The van der Waals surface area contributed by atoms with Crippen molar-refractivity contribution in [2.24, 2.45) is 7.05 Å². The van der Waals surface area contributed by atoms with Crippen molar-refractivity contribution < 1.29 is 31.1 Å². The Labute approximate surface area is 216 Å². The van der Waals surface area contributed by atoms with E-state index in [1.54, 1.807) is 6.20 Å². The summed E-state index contributed by atoms with van der Waals surface area (Å²) in [5, 5.41) is 0. The number of alkyl halides is 6. The zero-order valence-corrected chi connectivity index (χ0v) is 21.2. The van der Waals surface area contributed by atoms with Crippen LogP contribution in [0.5, 0.6) is 0 Å². The molecular formula is C27H28F6N4O. The van der Waals surface area contributed by atoms with Crippen molar-refractivity contribution in [1.29, 1.82) is 0 Å². The lowest BCUT2D eigenvalue weighted by molar-refractivity contribution is -0.143. The maximum atomic E-state index is 13.5. The maximum Gasteiger partial charge on any atom is 0.416 e. The Morgan fingerprint density at radius 2 is 1.61 bits per heavy atom. The highest BCUT2D eigenvalue weighted by atomic mass is 19.4. The summed E-state index contributed by atoms with van der Waals surface area (Å²) in [5.41, 5.74) is -0.576. The molecule has 1 amide bonds. The van der Waals surface area contributed by atoms with Gasteiger partial charge in [0.25, 0.3) is 5.91 Å². The first-order valence-electron chi connectivity index (χ1n) is 12.1. The van der Waals surface area contributed by atoms with E-state index < -0.39 is 41.0 Å². The predicted molar refractivity (Wildman–Crippen MR) is 129 cm³/mol. The summed E-state index contributed by atoms with van der Waals surface area (Å²) >= 11 is 0. The Hall–Kier alpha value is -3.34. The molecule has 0 N–H and O–H groups in total. The Morgan fingerprint density at radius 1 is 0.947 bits per heavy atom. The number of carbonyl (C=O) groups excluding carboxylic acids is 1. The largest absolute Gasteiger partial charge is 0.416 e. The molecule has 3 aromatic rings. The van der Waals surface area contributed by atoms with Gasteiger partial charge in [0.15, 0.2) is 0 Å². The first-order valence-corrected chi connectivity index (χ1v) is 12.1. The van der Waals surface area contributed by atoms with Crippen LogP contribution < -0.4 is 0 Å². The number of imidazole rings is 1. The van der Waals surface area contributed by atoms with Crippen LogP contribution in [0.1, 0.15) is 44.0 Å². The van der Waals surface area contributed by atoms with Crippen LogP contribution in [0.15, 0.2) is 48.8 Å². The molecule has 1 aliphatic heterocycles. The molecule has 2 heterocycles. The van der Waals surface area contributed by atoms with E-state index in [2.05, 4.69) is 9.88 Å². The van der Waals surface area contributed by atoms with Crippen molar-refractivity contribution >= 4 is 5.91 Å². The van der Waals surface area contributed by atoms with Crippen LogP contribution in [0.2, 0.25) is 0 Å². The molecular weight excluding hydrogens is 510 g/mol. The molecule has 1 aliphatic rings. The van der Waals surface area contributed by atoms with E-state index in [-0.39, 0.29) is 12.6 Å². The second-order valence-corrected chi connectivity index (χ2v) is 9.76. The number of hydrogen-bond donors (Lipinski definition) is 0. The highest BCUT2D eigenvalue weighted by molar-refractivity contribution is 5.95. The van der Waals surface area contributed by atoms with Gasteiger partial charge in [-0.3, -0.25) is 9.69 Å². The van der Waals surface area contributed by atoms with Crippen LogP contribution in [0.3, 0.4) is 0 Å². The van der Waals surface area contributed by atoms with Crippen LogP contribution in [-0.4, -0.2) is 50.9 Å². The van der Waals surface area contributed by atoms with Crippen molar-refractivity contribution in [3.05, 3.63) is 88.0 Å². The Bertz CT molecular complexity index is 1280. The van der Waals surface area contributed by atoms with E-state index in [4.69, 9.17) is 0 Å². The van der Waals surface area contributed by atoms with Gasteiger partial charge in [-0.05, 0) is 55.2 Å². The lowest BCUT2D eigenvalue weighted by Crippen LogP contribution is -2.55. The summed E-state index contributed by atoms with van der Waals surface area (Å²) in [6, 6.07) is 6.44. The molecule has 4 rings (SSSR count). The number of halogens is 6. The number of aromatic nitrogens is 2. The number of hydrogen-bond acceptors (Lipinski definition) is 3. The van der Waals surface area contributed by atoms with Gasteiger partial charge in [0, 0.05) is 50.7 Å². The van der Waals surface area contributed by atoms with Gasteiger partial charge in [-0.25, -0.2) is 4.98 Å². The van der Waals surface area contributed by atoms with E-state index in [9.17, 15) is 31.1 Å². The average molecular weight is 539 g/mol. The van der Waals surface area contributed by atoms with Gasteiger partial charge >= 0.3 is 12.4 Å². The molecule has 2 aromatic carbocycles. The summed E-state index contributed by atoms with van der Waals surface area (Å²) in [5.74, 6) is -0.0468. The van der Waals surface area contributed by atoms with Gasteiger partial charge in [-0.2, -0.15) is 26.3 Å². The molecule has 0 unspecified atom stereocenters. The highest BCUT2D eigenvalue weighted by Crippen LogP contribution is 2.37. The fourth-order valence-electron chi connectivity index (χ4n) is 4.70. The first-order chi connectivity index (χ1) is 17.7. The third-order valence-corrected chi connectivity index (χ3v) is 6.99. The number of piperazine rings is 1. The van der Waals surface area contributed by atoms with Crippen molar-refractivity contribution in [2.45, 2.75) is 45.2 Å². The number of rotatable bonds is 5. The molecule has 204 valence electrons. The zero-order chi connectivity index (χ0) is 27.8. The third-order valence-electron chi connectivity index (χ3n) is 6.99. The fraction of sp³-hybridized carbons (Fsp3) is 0.407. The van der Waals surface area contributed by atoms with Gasteiger partial charge in [0.1, 0.15) is 5.82 Å². The Morgan fingerprint density at radius 3 is 2.16 bits per heavy atom. The van der Waals surface area contributed by atoms with Gasteiger partial charge < -0.3 is 9.47 Å². The standard InChI is InChI=1S/C27H28F6N4O/c1-17-4-5-19(10-18(17)2)11-23-15-36(16-24-34-6-7-35(24)3)8-9-37(23)25(38)20-12-21(26(28,29)30)14-22(13-20)27(31,32)33/h4-7,10,12-14,23H,8-9,11,15-16H2,1-3H3/t23-/m1/s1. The quantitative estimate of drug-likeness (QED) is 0.395. The number of aryl methyl sites for hydroxylation is 3. The summed E-state index contributed by atoms with van der Waals surface area (Å²) in [4.78, 5) is 21.3. The molecule has 1 fully saturated rings. The fourth-order valence-corrected chi connectivity index (χ4v) is 4.70. The van der Waals surface area contributed by atoms with E-state index in [0.717, 1.165) is 22.5 Å². The summed E-state index contributed by atoms with van der Waals surface area (Å²) in [7, 11) is 1.86. The predicted octanol–water partition coefficient (Wildman–Crippen LogP) is 5.64. The molecule has 0 saturated carbocycles. The third kappa shape index (κ3) is 6.20. The number of nitrogens with zero attached hydrogens (tertiary/aromatic N) is 4. The maximum absolute atomic E-state index is 13.5. The van der Waals surface area contributed by atoms with Crippen molar-refractivity contribution in [3.8, 4) is 0 Å². The second kappa shape index (κ2) is 10.4. The number of benzene rings is 2. The smallest absolute Gasteiger partial charge is 0.337 e. The molecule has 38 heavy (non-hydrogen) atoms. The summed E-state index contributed by atoms with van der Waals surface area (Å²) in [6.45, 7) is 5.35. The van der Waals surface area contributed by atoms with E-state index in [1.165, 1.54) is 4.90 Å². The Kier molecular flexibility index (Phi) is 7.60. The molecule has 5 nitrogen and oxygen atoms in total. The average Bonchev–Trinajstić information content (AvgIpc) is 3.24.